The van der Waals surface area contributed by atoms with Crippen LogP contribution in [0.1, 0.15) is 16.9 Å². The Labute approximate surface area is 145 Å². The number of carbonyl (C=O) groups excluding carboxylic acids is 2. The maximum Gasteiger partial charge on any atom is 0.272 e. The number of carbonyl (C=O) groups is 2. The van der Waals surface area contributed by atoms with E-state index in [1.165, 1.54) is 0 Å². The lowest BCUT2D eigenvalue weighted by Crippen LogP contribution is -2.48. The van der Waals surface area contributed by atoms with Crippen molar-refractivity contribution in [2.24, 2.45) is 17.1 Å². The molecule has 7 heteroatoms. The number of rotatable bonds is 3. The van der Waals surface area contributed by atoms with E-state index in [0.717, 1.165) is 5.69 Å². The molecule has 3 heterocycles. The molecule has 0 bridgehead atoms. The summed E-state index contributed by atoms with van der Waals surface area (Å²) in [5, 5.41) is 4.27. The highest BCUT2D eigenvalue weighted by Crippen LogP contribution is 2.42. The monoisotopic (exact) mass is 340 g/mol. The number of likely N-dealkylation sites (tertiary alicyclic amines) is 1. The second kappa shape index (κ2) is 6.00. The van der Waals surface area contributed by atoms with E-state index in [1.54, 1.807) is 21.8 Å². The third-order valence-corrected chi connectivity index (χ3v) is 5.35. The molecular weight excluding hydrogens is 320 g/mol. The van der Waals surface area contributed by atoms with Crippen molar-refractivity contribution in [3.8, 4) is 5.69 Å². The van der Waals surface area contributed by atoms with Crippen molar-refractivity contribution in [3.05, 3.63) is 48.3 Å². The number of primary amides is 1. The minimum atomic E-state index is -0.675. The van der Waals surface area contributed by atoms with Crippen molar-refractivity contribution in [1.29, 1.82) is 0 Å². The van der Waals surface area contributed by atoms with Gasteiger partial charge in [0.15, 0.2) is 0 Å². The Morgan fingerprint density at radius 2 is 2.04 bits per heavy atom. The largest absolute Gasteiger partial charge is 0.381 e. The van der Waals surface area contributed by atoms with Crippen molar-refractivity contribution in [1.82, 2.24) is 14.7 Å². The van der Waals surface area contributed by atoms with Gasteiger partial charge in [0.2, 0.25) is 5.91 Å². The molecule has 1 aromatic carbocycles. The first-order chi connectivity index (χ1) is 12.1. The topological polar surface area (TPSA) is 90.5 Å². The van der Waals surface area contributed by atoms with Crippen LogP contribution in [-0.2, 0) is 9.53 Å². The summed E-state index contributed by atoms with van der Waals surface area (Å²) in [5.41, 5.74) is 6.32. The Hall–Kier alpha value is -2.67. The molecule has 0 unspecified atom stereocenters. The summed E-state index contributed by atoms with van der Waals surface area (Å²) in [6.45, 7) is 1.78. The van der Waals surface area contributed by atoms with Crippen LogP contribution >= 0.6 is 0 Å². The summed E-state index contributed by atoms with van der Waals surface area (Å²) in [6.07, 6.45) is 2.17. The van der Waals surface area contributed by atoms with Gasteiger partial charge in [0.25, 0.3) is 5.91 Å². The Balaban J connectivity index is 1.63. The zero-order valence-electron chi connectivity index (χ0n) is 13.8. The molecule has 2 N–H and O–H groups in total. The van der Waals surface area contributed by atoms with Gasteiger partial charge in [-0.2, -0.15) is 5.10 Å². The van der Waals surface area contributed by atoms with Gasteiger partial charge >= 0.3 is 0 Å². The van der Waals surface area contributed by atoms with Crippen LogP contribution in [0, 0.1) is 11.3 Å². The smallest absolute Gasteiger partial charge is 0.272 e. The minimum absolute atomic E-state index is 0.0456. The fraction of sp³-hybridized carbons (Fsp3) is 0.389. The molecule has 0 aliphatic carbocycles. The molecule has 0 spiro atoms. The van der Waals surface area contributed by atoms with Crippen molar-refractivity contribution >= 4 is 11.8 Å². The van der Waals surface area contributed by atoms with Crippen molar-refractivity contribution < 1.29 is 14.3 Å². The molecule has 2 aromatic rings. The molecule has 0 saturated carbocycles. The predicted octanol–water partition coefficient (Wildman–Crippen LogP) is 0.836. The zero-order valence-corrected chi connectivity index (χ0v) is 13.8. The average Bonchev–Trinajstić information content (AvgIpc) is 3.27. The lowest BCUT2D eigenvalue weighted by atomic mass is 9.74. The number of fused-ring (bicyclic) bond motifs is 1. The van der Waals surface area contributed by atoms with E-state index in [1.807, 2.05) is 30.3 Å². The molecule has 130 valence electrons. The lowest BCUT2D eigenvalue weighted by molar-refractivity contribution is -0.135. The molecule has 2 amide bonds. The van der Waals surface area contributed by atoms with Crippen LogP contribution in [0.2, 0.25) is 0 Å². The molecule has 4 rings (SSSR count). The number of para-hydroxylation sites is 1. The van der Waals surface area contributed by atoms with E-state index in [0.29, 0.717) is 38.4 Å². The van der Waals surface area contributed by atoms with Crippen molar-refractivity contribution in [3.63, 3.8) is 0 Å². The standard InChI is InChI=1S/C18H20N4O3/c19-17(24)18-7-9-25-11-13(18)10-21(12-18)16(23)15-6-8-20-22(15)14-4-2-1-3-5-14/h1-6,8,13H,7,9-12H2,(H2,19,24)/t13-,18+/m1/s1. The van der Waals surface area contributed by atoms with Crippen LogP contribution < -0.4 is 5.73 Å². The van der Waals surface area contributed by atoms with Gasteiger partial charge in [-0.1, -0.05) is 18.2 Å². The van der Waals surface area contributed by atoms with Crippen LogP contribution in [0.15, 0.2) is 42.6 Å². The highest BCUT2D eigenvalue weighted by molar-refractivity contribution is 5.94. The number of hydrogen-bond donors (Lipinski definition) is 1. The summed E-state index contributed by atoms with van der Waals surface area (Å²) < 4.78 is 7.13. The Morgan fingerprint density at radius 3 is 2.76 bits per heavy atom. The lowest BCUT2D eigenvalue weighted by Gasteiger charge is -2.34. The third kappa shape index (κ3) is 2.51. The Kier molecular flexibility index (Phi) is 3.80. The van der Waals surface area contributed by atoms with Crippen molar-refractivity contribution in [2.45, 2.75) is 6.42 Å². The number of amides is 2. The summed E-state index contributed by atoms with van der Waals surface area (Å²) >= 11 is 0. The van der Waals surface area contributed by atoms with E-state index in [2.05, 4.69) is 5.10 Å². The number of nitrogens with two attached hydrogens (primary N) is 1. The van der Waals surface area contributed by atoms with Crippen molar-refractivity contribution in [2.75, 3.05) is 26.3 Å². The number of nitrogens with zero attached hydrogens (tertiary/aromatic N) is 3. The first-order valence-electron chi connectivity index (χ1n) is 8.38. The zero-order chi connectivity index (χ0) is 17.4. The van der Waals surface area contributed by atoms with E-state index in [4.69, 9.17) is 10.5 Å². The molecule has 2 fully saturated rings. The maximum atomic E-state index is 13.1. The number of ether oxygens (including phenoxy) is 1. The summed E-state index contributed by atoms with van der Waals surface area (Å²) in [6, 6.07) is 11.2. The highest BCUT2D eigenvalue weighted by atomic mass is 16.5. The summed E-state index contributed by atoms with van der Waals surface area (Å²) in [4.78, 5) is 26.9. The Morgan fingerprint density at radius 1 is 1.24 bits per heavy atom. The minimum Gasteiger partial charge on any atom is -0.381 e. The fourth-order valence-electron chi connectivity index (χ4n) is 3.91. The first kappa shape index (κ1) is 15.8. The normalized spacial score (nSPS) is 25.6. The molecule has 2 saturated heterocycles. The second-order valence-corrected chi connectivity index (χ2v) is 6.69. The number of aromatic nitrogens is 2. The molecule has 1 aromatic heterocycles. The van der Waals surface area contributed by atoms with Gasteiger partial charge in [-0.05, 0) is 24.6 Å². The van der Waals surface area contributed by atoms with E-state index in [-0.39, 0.29) is 17.7 Å². The van der Waals surface area contributed by atoms with E-state index >= 15 is 0 Å². The van der Waals surface area contributed by atoms with Gasteiger partial charge in [0, 0.05) is 25.6 Å². The molecule has 2 aliphatic rings. The first-order valence-corrected chi connectivity index (χ1v) is 8.38. The molecule has 7 nitrogen and oxygen atoms in total. The predicted molar refractivity (Wildman–Crippen MR) is 90.0 cm³/mol. The molecule has 25 heavy (non-hydrogen) atoms. The number of benzene rings is 1. The average molecular weight is 340 g/mol. The Bertz CT molecular complexity index is 804. The van der Waals surface area contributed by atoms with Crippen LogP contribution in [0.4, 0.5) is 0 Å². The van der Waals surface area contributed by atoms with Gasteiger partial charge in [-0.15, -0.1) is 0 Å². The molecule has 2 atom stereocenters. The van der Waals surface area contributed by atoms with E-state index < -0.39 is 5.41 Å². The van der Waals surface area contributed by atoms with Gasteiger partial charge in [-0.3, -0.25) is 9.59 Å². The molecular formula is C18H20N4O3. The number of hydrogen-bond acceptors (Lipinski definition) is 4. The summed E-state index contributed by atoms with van der Waals surface area (Å²) in [5.74, 6) is -0.528. The van der Waals surface area contributed by atoms with Gasteiger partial charge in [0.05, 0.1) is 23.9 Å². The maximum absolute atomic E-state index is 13.1. The van der Waals surface area contributed by atoms with Gasteiger partial charge in [0.1, 0.15) is 5.69 Å². The summed E-state index contributed by atoms with van der Waals surface area (Å²) in [7, 11) is 0. The third-order valence-electron chi connectivity index (χ3n) is 5.35. The van der Waals surface area contributed by atoms with E-state index in [9.17, 15) is 9.59 Å². The van der Waals surface area contributed by atoms with Crippen LogP contribution in [0.5, 0.6) is 0 Å². The van der Waals surface area contributed by atoms with Gasteiger partial charge in [-0.25, -0.2) is 4.68 Å². The second-order valence-electron chi connectivity index (χ2n) is 6.69. The molecule has 0 radical (unpaired) electrons. The SMILES string of the molecule is NC(=O)[C@]12CCOC[C@H]1CN(C(=O)c1ccnn1-c1ccccc1)C2. The highest BCUT2D eigenvalue weighted by Gasteiger charge is 2.53. The van der Waals surface area contributed by atoms with Gasteiger partial charge < -0.3 is 15.4 Å². The van der Waals surface area contributed by atoms with Crippen LogP contribution in [0.3, 0.4) is 0 Å². The van der Waals surface area contributed by atoms with Crippen LogP contribution in [-0.4, -0.2) is 52.8 Å². The fourth-order valence-corrected chi connectivity index (χ4v) is 3.91. The van der Waals surface area contributed by atoms with Crippen LogP contribution in [0.25, 0.3) is 5.69 Å². The molecule has 2 aliphatic heterocycles. The quantitative estimate of drug-likeness (QED) is 0.896.